The van der Waals surface area contributed by atoms with Crippen molar-refractivity contribution in [3.8, 4) is 0 Å². The zero-order chi connectivity index (χ0) is 11.5. The van der Waals surface area contributed by atoms with Crippen molar-refractivity contribution in [2.75, 3.05) is 6.61 Å². The molecule has 4 heteroatoms. The minimum Gasteiger partial charge on any atom is -0.444 e. The molecule has 1 amide bonds. The van der Waals surface area contributed by atoms with Crippen LogP contribution >= 0.6 is 0 Å². The number of aliphatic hydroxyl groups excluding tert-OH is 1. The summed E-state index contributed by atoms with van der Waals surface area (Å²) in [6.45, 7) is 5.72. The summed E-state index contributed by atoms with van der Waals surface area (Å²) in [5, 5.41) is 11.6. The van der Waals surface area contributed by atoms with Crippen LogP contribution in [0.25, 0.3) is 0 Å². The molecule has 1 saturated carbocycles. The van der Waals surface area contributed by atoms with Crippen LogP contribution in [-0.2, 0) is 4.74 Å². The molecule has 0 atom stereocenters. The minimum atomic E-state index is -0.447. The molecule has 0 heterocycles. The highest BCUT2D eigenvalue weighted by atomic mass is 16.6. The largest absolute Gasteiger partial charge is 0.444 e. The lowest BCUT2D eigenvalue weighted by molar-refractivity contribution is 0.0491. The Bertz CT molecular complexity index is 228. The van der Waals surface area contributed by atoms with E-state index < -0.39 is 5.60 Å². The van der Waals surface area contributed by atoms with E-state index in [4.69, 9.17) is 9.84 Å². The van der Waals surface area contributed by atoms with Crippen molar-refractivity contribution < 1.29 is 14.6 Å². The minimum absolute atomic E-state index is 0.0922. The van der Waals surface area contributed by atoms with Gasteiger partial charge in [-0.1, -0.05) is 0 Å². The quantitative estimate of drug-likeness (QED) is 0.752. The number of alkyl carbamates (subject to hydrolysis) is 1. The second kappa shape index (κ2) is 4.39. The maximum Gasteiger partial charge on any atom is 0.408 e. The van der Waals surface area contributed by atoms with Crippen LogP contribution < -0.4 is 5.32 Å². The first-order valence-electron chi connectivity index (χ1n) is 5.49. The Kier molecular flexibility index (Phi) is 3.60. The molecule has 0 aliphatic heterocycles. The van der Waals surface area contributed by atoms with Gasteiger partial charge in [0.2, 0.25) is 0 Å². The van der Waals surface area contributed by atoms with Crippen LogP contribution in [0.3, 0.4) is 0 Å². The average Bonchev–Trinajstić information content (AvgIpc) is 2.78. The zero-order valence-electron chi connectivity index (χ0n) is 9.80. The van der Waals surface area contributed by atoms with Crippen molar-refractivity contribution >= 4 is 6.09 Å². The summed E-state index contributed by atoms with van der Waals surface area (Å²) in [7, 11) is 0. The predicted molar refractivity (Wildman–Crippen MR) is 57.7 cm³/mol. The van der Waals surface area contributed by atoms with Gasteiger partial charge in [-0.15, -0.1) is 0 Å². The summed E-state index contributed by atoms with van der Waals surface area (Å²) in [5.74, 6) is 0. The fraction of sp³-hybridized carbons (Fsp3) is 0.909. The monoisotopic (exact) mass is 215 g/mol. The molecule has 0 spiro atoms. The van der Waals surface area contributed by atoms with Gasteiger partial charge in [-0.25, -0.2) is 4.79 Å². The molecule has 0 unspecified atom stereocenters. The number of aliphatic hydroxyl groups is 1. The third-order valence-corrected chi connectivity index (χ3v) is 2.43. The number of carbonyl (C=O) groups is 1. The van der Waals surface area contributed by atoms with E-state index in [1.807, 2.05) is 20.8 Å². The van der Waals surface area contributed by atoms with Gasteiger partial charge in [0.15, 0.2) is 0 Å². The summed E-state index contributed by atoms with van der Waals surface area (Å²) in [6.07, 6.45) is 3.20. The maximum atomic E-state index is 11.5. The summed E-state index contributed by atoms with van der Waals surface area (Å²) in [4.78, 5) is 11.5. The molecule has 4 nitrogen and oxygen atoms in total. The summed E-state index contributed by atoms with van der Waals surface area (Å²) >= 11 is 0. The highest BCUT2D eigenvalue weighted by Crippen LogP contribution is 2.39. The van der Waals surface area contributed by atoms with E-state index >= 15 is 0 Å². The Hall–Kier alpha value is -0.770. The van der Waals surface area contributed by atoms with E-state index in [1.165, 1.54) is 0 Å². The Labute approximate surface area is 91.0 Å². The number of rotatable bonds is 4. The lowest BCUT2D eigenvalue weighted by atomic mass is 10.1. The third-order valence-electron chi connectivity index (χ3n) is 2.43. The highest BCUT2D eigenvalue weighted by molar-refractivity contribution is 5.69. The van der Waals surface area contributed by atoms with Crippen LogP contribution in [0, 0.1) is 0 Å². The zero-order valence-corrected chi connectivity index (χ0v) is 9.80. The molecule has 1 aliphatic carbocycles. The van der Waals surface area contributed by atoms with Crippen LogP contribution in [0.1, 0.15) is 46.5 Å². The third kappa shape index (κ3) is 4.51. The molecular weight excluding hydrogens is 194 g/mol. The van der Waals surface area contributed by atoms with Gasteiger partial charge in [0.05, 0.1) is 0 Å². The van der Waals surface area contributed by atoms with Crippen LogP contribution in [-0.4, -0.2) is 28.9 Å². The summed E-state index contributed by atoms with van der Waals surface area (Å²) < 4.78 is 5.18. The van der Waals surface area contributed by atoms with Gasteiger partial charge in [-0.3, -0.25) is 0 Å². The van der Waals surface area contributed by atoms with Gasteiger partial charge in [0, 0.05) is 12.1 Å². The number of nitrogens with one attached hydrogen (secondary N) is 1. The number of carbonyl (C=O) groups excluding carboxylic acids is 1. The van der Waals surface area contributed by atoms with Crippen LogP contribution in [0.5, 0.6) is 0 Å². The van der Waals surface area contributed by atoms with Gasteiger partial charge in [-0.2, -0.15) is 0 Å². The maximum absolute atomic E-state index is 11.5. The van der Waals surface area contributed by atoms with E-state index in [1.54, 1.807) is 0 Å². The molecule has 1 fully saturated rings. The van der Waals surface area contributed by atoms with Crippen LogP contribution in [0.4, 0.5) is 4.79 Å². The van der Waals surface area contributed by atoms with Crippen molar-refractivity contribution in [1.82, 2.24) is 5.32 Å². The second-order valence-electron chi connectivity index (χ2n) is 5.23. The average molecular weight is 215 g/mol. The van der Waals surface area contributed by atoms with E-state index in [-0.39, 0.29) is 18.2 Å². The van der Waals surface area contributed by atoms with Crippen molar-refractivity contribution in [2.24, 2.45) is 0 Å². The topological polar surface area (TPSA) is 58.6 Å². The fourth-order valence-electron chi connectivity index (χ4n) is 1.53. The first-order chi connectivity index (χ1) is 6.87. The van der Waals surface area contributed by atoms with Crippen molar-refractivity contribution in [3.63, 3.8) is 0 Å². The number of ether oxygens (including phenoxy) is 1. The van der Waals surface area contributed by atoms with Crippen LogP contribution in [0.2, 0.25) is 0 Å². The lowest BCUT2D eigenvalue weighted by Crippen LogP contribution is -2.40. The first kappa shape index (κ1) is 12.3. The molecule has 1 aliphatic rings. The molecule has 0 aromatic heterocycles. The number of hydrogen-bond donors (Lipinski definition) is 2. The van der Waals surface area contributed by atoms with E-state index in [2.05, 4.69) is 5.32 Å². The Balaban J connectivity index is 2.31. The van der Waals surface area contributed by atoms with Gasteiger partial charge < -0.3 is 15.2 Å². The Morgan fingerprint density at radius 1 is 1.47 bits per heavy atom. The normalized spacial score (nSPS) is 18.4. The van der Waals surface area contributed by atoms with Crippen molar-refractivity contribution in [3.05, 3.63) is 0 Å². The molecule has 0 aromatic carbocycles. The molecule has 0 bridgehead atoms. The molecular formula is C11H21NO3. The molecule has 0 radical (unpaired) electrons. The van der Waals surface area contributed by atoms with Crippen LogP contribution in [0.15, 0.2) is 0 Å². The Morgan fingerprint density at radius 2 is 2.07 bits per heavy atom. The first-order valence-corrected chi connectivity index (χ1v) is 5.49. The standard InChI is InChI=1S/C11H21NO3/c1-10(2,3)15-9(14)12-11(6-7-11)5-4-8-13/h13H,4-8H2,1-3H3,(H,12,14). The summed E-state index contributed by atoms with van der Waals surface area (Å²) in [5.41, 5.74) is -0.539. The van der Waals surface area contributed by atoms with Gasteiger partial charge in [0.25, 0.3) is 0 Å². The Morgan fingerprint density at radius 3 is 2.47 bits per heavy atom. The molecule has 1 rings (SSSR count). The molecule has 0 saturated heterocycles. The summed E-state index contributed by atoms with van der Waals surface area (Å²) in [6, 6.07) is 0. The highest BCUT2D eigenvalue weighted by Gasteiger charge is 2.44. The predicted octanol–water partition coefficient (Wildman–Crippen LogP) is 1.82. The SMILES string of the molecule is CC(C)(C)OC(=O)NC1(CCCO)CC1. The van der Waals surface area contributed by atoms with Crippen molar-refractivity contribution in [2.45, 2.75) is 57.6 Å². The number of hydrogen-bond acceptors (Lipinski definition) is 3. The molecule has 88 valence electrons. The molecule has 2 N–H and O–H groups in total. The second-order valence-corrected chi connectivity index (χ2v) is 5.23. The smallest absolute Gasteiger partial charge is 0.408 e. The van der Waals surface area contributed by atoms with Gasteiger partial charge in [-0.05, 0) is 46.5 Å². The van der Waals surface area contributed by atoms with E-state index in [0.717, 1.165) is 25.7 Å². The van der Waals surface area contributed by atoms with E-state index in [9.17, 15) is 4.79 Å². The number of amides is 1. The van der Waals surface area contributed by atoms with Gasteiger partial charge in [0.1, 0.15) is 5.60 Å². The fourth-order valence-corrected chi connectivity index (χ4v) is 1.53. The molecule has 0 aromatic rings. The van der Waals surface area contributed by atoms with E-state index in [0.29, 0.717) is 0 Å². The van der Waals surface area contributed by atoms with Crippen molar-refractivity contribution in [1.29, 1.82) is 0 Å². The van der Waals surface area contributed by atoms with Gasteiger partial charge >= 0.3 is 6.09 Å². The lowest BCUT2D eigenvalue weighted by Gasteiger charge is -2.23. The molecule has 15 heavy (non-hydrogen) atoms.